The van der Waals surface area contributed by atoms with Crippen LogP contribution in [0.5, 0.6) is 11.5 Å². The topological polar surface area (TPSA) is 89.7 Å². The highest BCUT2D eigenvalue weighted by Crippen LogP contribution is 2.36. The first-order chi connectivity index (χ1) is 14.1. The summed E-state index contributed by atoms with van der Waals surface area (Å²) in [4.78, 5) is 24.6. The van der Waals surface area contributed by atoms with Crippen LogP contribution in [0, 0.1) is 6.57 Å². The Kier molecular flexibility index (Phi) is 4.71. The molecule has 2 N–H and O–H groups in total. The third-order valence-corrected chi connectivity index (χ3v) is 4.52. The number of nitrogens with one attached hydrogen (secondary N) is 2. The van der Waals surface area contributed by atoms with Crippen LogP contribution in [0.3, 0.4) is 0 Å². The maximum Gasteiger partial charge on any atom is 0.228 e. The average Bonchev–Trinajstić information content (AvgIpc) is 2.88. The maximum atomic E-state index is 12.2. The summed E-state index contributed by atoms with van der Waals surface area (Å²) in [6.45, 7) is 7.19. The molecule has 0 saturated carbocycles. The summed E-state index contributed by atoms with van der Waals surface area (Å²) in [5, 5.41) is 5.99. The van der Waals surface area contributed by atoms with Crippen molar-refractivity contribution in [3.63, 3.8) is 0 Å². The molecule has 8 nitrogen and oxygen atoms in total. The number of benzene rings is 2. The van der Waals surface area contributed by atoms with Crippen LogP contribution in [0.1, 0.15) is 5.56 Å². The monoisotopic (exact) mass is 387 g/mol. The Bertz CT molecular complexity index is 1150. The number of ether oxygens (including phenoxy) is 2. The van der Waals surface area contributed by atoms with Crippen molar-refractivity contribution < 1.29 is 14.3 Å². The van der Waals surface area contributed by atoms with Crippen LogP contribution in [0.2, 0.25) is 0 Å². The smallest absolute Gasteiger partial charge is 0.228 e. The molecule has 1 aliphatic rings. The highest BCUT2D eigenvalue weighted by Gasteiger charge is 2.21. The highest BCUT2D eigenvalue weighted by molar-refractivity contribution is 6.00. The standard InChI is InChI=1S/C21H17N5O3/c1-22-13-4-6-15-16(9-13)25-19(27)8-12-11-23-21(26-20(12)15)24-14-5-7-17(28-2)18(10-14)29-3/h4-7,9-11H,8H2,2-3H3,(H,25,27)(H,23,24,26). The molecule has 0 spiro atoms. The zero-order chi connectivity index (χ0) is 20.4. The van der Waals surface area contributed by atoms with Gasteiger partial charge in [0.1, 0.15) is 0 Å². The molecule has 0 unspecified atom stereocenters. The van der Waals surface area contributed by atoms with E-state index >= 15 is 0 Å². The predicted molar refractivity (Wildman–Crippen MR) is 109 cm³/mol. The zero-order valence-corrected chi connectivity index (χ0v) is 15.8. The molecule has 0 bridgehead atoms. The van der Waals surface area contributed by atoms with Gasteiger partial charge in [-0.05, 0) is 18.2 Å². The van der Waals surface area contributed by atoms with Gasteiger partial charge in [0.2, 0.25) is 11.9 Å². The van der Waals surface area contributed by atoms with Crippen molar-refractivity contribution in [1.82, 2.24) is 9.97 Å². The lowest BCUT2D eigenvalue weighted by molar-refractivity contribution is -0.115. The predicted octanol–water partition coefficient (Wildman–Crippen LogP) is 3.95. The Labute approximate surface area is 167 Å². The molecule has 1 aromatic heterocycles. The Morgan fingerprint density at radius 2 is 1.97 bits per heavy atom. The largest absolute Gasteiger partial charge is 0.493 e. The summed E-state index contributed by atoms with van der Waals surface area (Å²) in [5.74, 6) is 1.41. The van der Waals surface area contributed by atoms with Crippen molar-refractivity contribution in [3.05, 3.63) is 59.6 Å². The number of fused-ring (bicyclic) bond motifs is 3. The van der Waals surface area contributed by atoms with Crippen LogP contribution in [0.15, 0.2) is 42.6 Å². The number of nitrogens with zero attached hydrogens (tertiary/aromatic N) is 3. The Hall–Kier alpha value is -4.12. The quantitative estimate of drug-likeness (QED) is 0.659. The average molecular weight is 387 g/mol. The molecule has 0 aliphatic carbocycles. The Morgan fingerprint density at radius 3 is 2.72 bits per heavy atom. The molecule has 1 amide bonds. The fraction of sp³-hybridized carbons (Fsp3) is 0.143. The molecule has 144 valence electrons. The number of carbonyl (C=O) groups is 1. The first kappa shape index (κ1) is 18.3. The molecule has 2 heterocycles. The summed E-state index contributed by atoms with van der Waals surface area (Å²) in [6, 6.07) is 10.6. The van der Waals surface area contributed by atoms with Crippen molar-refractivity contribution in [1.29, 1.82) is 0 Å². The number of carbonyl (C=O) groups excluding carboxylic acids is 1. The molecule has 0 fully saturated rings. The summed E-state index contributed by atoms with van der Waals surface area (Å²) >= 11 is 0. The van der Waals surface area contributed by atoms with E-state index < -0.39 is 0 Å². The minimum atomic E-state index is -0.170. The van der Waals surface area contributed by atoms with Gasteiger partial charge in [0.05, 0.1) is 32.9 Å². The summed E-state index contributed by atoms with van der Waals surface area (Å²) in [6.07, 6.45) is 1.80. The van der Waals surface area contributed by atoms with Crippen LogP contribution in [-0.2, 0) is 11.2 Å². The molecule has 2 aromatic carbocycles. The van der Waals surface area contributed by atoms with Gasteiger partial charge in [-0.1, -0.05) is 12.1 Å². The van der Waals surface area contributed by atoms with Crippen molar-refractivity contribution in [2.45, 2.75) is 6.42 Å². The van der Waals surface area contributed by atoms with Crippen LogP contribution in [-0.4, -0.2) is 30.1 Å². The minimum Gasteiger partial charge on any atom is -0.493 e. The lowest BCUT2D eigenvalue weighted by Gasteiger charge is -2.12. The molecule has 0 atom stereocenters. The van der Waals surface area contributed by atoms with Crippen molar-refractivity contribution >= 4 is 28.9 Å². The van der Waals surface area contributed by atoms with E-state index in [0.29, 0.717) is 34.5 Å². The molecular weight excluding hydrogens is 370 g/mol. The number of methoxy groups -OCH3 is 2. The van der Waals surface area contributed by atoms with Gasteiger partial charge in [0.15, 0.2) is 17.2 Å². The van der Waals surface area contributed by atoms with Gasteiger partial charge in [0.25, 0.3) is 0 Å². The van der Waals surface area contributed by atoms with Gasteiger partial charge in [-0.15, -0.1) is 0 Å². The molecular formula is C21H17N5O3. The lowest BCUT2D eigenvalue weighted by atomic mass is 10.0. The maximum absolute atomic E-state index is 12.2. The van der Waals surface area contributed by atoms with Crippen LogP contribution in [0.4, 0.5) is 23.0 Å². The molecule has 1 aliphatic heterocycles. The van der Waals surface area contributed by atoms with E-state index in [1.54, 1.807) is 50.7 Å². The zero-order valence-electron chi connectivity index (χ0n) is 15.8. The van der Waals surface area contributed by atoms with Gasteiger partial charge in [-0.3, -0.25) is 4.79 Å². The number of amides is 1. The SMILES string of the molecule is [C-]#[N+]c1ccc2c(c1)NC(=O)Cc1cnc(Nc3ccc(OC)c(OC)c3)nc1-2. The van der Waals surface area contributed by atoms with E-state index in [1.807, 2.05) is 6.07 Å². The van der Waals surface area contributed by atoms with Gasteiger partial charge < -0.3 is 20.1 Å². The van der Waals surface area contributed by atoms with Crippen LogP contribution in [0.25, 0.3) is 16.1 Å². The molecule has 3 aromatic rings. The van der Waals surface area contributed by atoms with E-state index in [4.69, 9.17) is 16.0 Å². The number of anilines is 3. The summed E-state index contributed by atoms with van der Waals surface area (Å²) < 4.78 is 10.6. The number of hydrogen-bond acceptors (Lipinski definition) is 6. The molecule has 29 heavy (non-hydrogen) atoms. The number of rotatable bonds is 4. The molecule has 8 heteroatoms. The highest BCUT2D eigenvalue weighted by atomic mass is 16.5. The second-order valence-corrected chi connectivity index (χ2v) is 6.33. The molecule has 4 rings (SSSR count). The Morgan fingerprint density at radius 1 is 1.14 bits per heavy atom. The second-order valence-electron chi connectivity index (χ2n) is 6.33. The van der Waals surface area contributed by atoms with Gasteiger partial charge >= 0.3 is 0 Å². The Balaban J connectivity index is 1.74. The summed E-state index contributed by atoms with van der Waals surface area (Å²) in [7, 11) is 3.14. The van der Waals surface area contributed by atoms with E-state index in [0.717, 1.165) is 16.8 Å². The van der Waals surface area contributed by atoms with Gasteiger partial charge in [-0.2, -0.15) is 0 Å². The third-order valence-electron chi connectivity index (χ3n) is 4.52. The van der Waals surface area contributed by atoms with E-state index in [1.165, 1.54) is 0 Å². The lowest BCUT2D eigenvalue weighted by Crippen LogP contribution is -2.12. The van der Waals surface area contributed by atoms with Crippen molar-refractivity contribution in [2.24, 2.45) is 0 Å². The molecule has 0 saturated heterocycles. The normalized spacial score (nSPS) is 12.0. The third kappa shape index (κ3) is 3.53. The van der Waals surface area contributed by atoms with Gasteiger partial charge in [-0.25, -0.2) is 14.8 Å². The van der Waals surface area contributed by atoms with Crippen LogP contribution < -0.4 is 20.1 Å². The van der Waals surface area contributed by atoms with E-state index in [9.17, 15) is 4.79 Å². The van der Waals surface area contributed by atoms with Gasteiger partial charge in [0, 0.05) is 34.8 Å². The van der Waals surface area contributed by atoms with Crippen molar-refractivity contribution in [2.75, 3.05) is 24.9 Å². The fourth-order valence-electron chi connectivity index (χ4n) is 3.15. The molecule has 0 radical (unpaired) electrons. The van der Waals surface area contributed by atoms with Crippen LogP contribution >= 0.6 is 0 Å². The van der Waals surface area contributed by atoms with E-state index in [-0.39, 0.29) is 12.3 Å². The minimum absolute atomic E-state index is 0.161. The first-order valence-corrected chi connectivity index (χ1v) is 8.78. The fourth-order valence-corrected chi connectivity index (χ4v) is 3.15. The number of hydrogen-bond donors (Lipinski definition) is 2. The second kappa shape index (κ2) is 7.48. The van der Waals surface area contributed by atoms with Crippen molar-refractivity contribution in [3.8, 4) is 22.8 Å². The van der Waals surface area contributed by atoms with E-state index in [2.05, 4.69) is 25.4 Å². The first-order valence-electron chi connectivity index (χ1n) is 8.78. The number of aromatic nitrogens is 2. The summed E-state index contributed by atoms with van der Waals surface area (Å²) in [5.41, 5.74) is 3.86.